The van der Waals surface area contributed by atoms with Gasteiger partial charge in [-0.2, -0.15) is 0 Å². The Hall–Kier alpha value is -2.34. The van der Waals surface area contributed by atoms with Crippen LogP contribution in [0.5, 0.6) is 0 Å². The van der Waals surface area contributed by atoms with Crippen LogP contribution in [0.1, 0.15) is 42.1 Å². The number of sulfonamides is 1. The molecule has 26 heavy (non-hydrogen) atoms. The Labute approximate surface area is 155 Å². The molecule has 0 spiro atoms. The molecule has 1 saturated heterocycles. The van der Waals surface area contributed by atoms with Crippen LogP contribution >= 0.6 is 0 Å². The van der Waals surface area contributed by atoms with E-state index in [0.29, 0.717) is 11.3 Å². The fourth-order valence-electron chi connectivity index (χ4n) is 3.14. The predicted molar refractivity (Wildman–Crippen MR) is 104 cm³/mol. The molecule has 2 aromatic rings. The number of carbonyl (C=O) groups is 1. The van der Waals surface area contributed by atoms with Gasteiger partial charge in [0.2, 0.25) is 0 Å². The Morgan fingerprint density at radius 3 is 2.27 bits per heavy atom. The molecule has 1 aliphatic heterocycles. The number of Topliss-reactive ketones (excluding diaryl/α,β-unsaturated/α-hetero) is 1. The fourth-order valence-corrected chi connectivity index (χ4v) is 4.26. The van der Waals surface area contributed by atoms with Crippen LogP contribution < -0.4 is 9.62 Å². The summed E-state index contributed by atoms with van der Waals surface area (Å²) in [5, 5.41) is 0. The molecule has 0 atom stereocenters. The molecule has 1 heterocycles. The molecule has 0 saturated carbocycles. The maximum atomic E-state index is 12.7. The first-order valence-corrected chi connectivity index (χ1v) is 10.3. The molecule has 0 aromatic heterocycles. The van der Waals surface area contributed by atoms with Crippen LogP contribution in [0.3, 0.4) is 0 Å². The number of carbonyl (C=O) groups excluding carboxylic acids is 1. The Balaban J connectivity index is 1.85. The van der Waals surface area contributed by atoms with Crippen molar-refractivity contribution in [3.63, 3.8) is 0 Å². The van der Waals surface area contributed by atoms with Gasteiger partial charge in [-0.05, 0) is 62.9 Å². The van der Waals surface area contributed by atoms with E-state index in [9.17, 15) is 13.2 Å². The van der Waals surface area contributed by atoms with Crippen molar-refractivity contribution < 1.29 is 13.2 Å². The smallest absolute Gasteiger partial charge is 0.261 e. The normalized spacial score (nSPS) is 14.9. The van der Waals surface area contributed by atoms with Gasteiger partial charge >= 0.3 is 0 Å². The summed E-state index contributed by atoms with van der Waals surface area (Å²) in [4.78, 5) is 13.8. The van der Waals surface area contributed by atoms with E-state index < -0.39 is 10.0 Å². The highest BCUT2D eigenvalue weighted by Gasteiger charge is 2.17. The highest BCUT2D eigenvalue weighted by molar-refractivity contribution is 7.92. The summed E-state index contributed by atoms with van der Waals surface area (Å²) < 4.78 is 28.1. The lowest BCUT2D eigenvalue weighted by molar-refractivity contribution is 0.101. The molecule has 138 valence electrons. The molecule has 0 bridgehead atoms. The summed E-state index contributed by atoms with van der Waals surface area (Å²) in [5.74, 6) is -0.0908. The third kappa shape index (κ3) is 4.07. The van der Waals surface area contributed by atoms with E-state index in [1.54, 1.807) is 0 Å². The zero-order valence-electron chi connectivity index (χ0n) is 15.2. The van der Waals surface area contributed by atoms with E-state index >= 15 is 0 Å². The summed E-state index contributed by atoms with van der Waals surface area (Å²) in [7, 11) is -3.71. The number of ketones is 1. The van der Waals surface area contributed by atoms with Gasteiger partial charge in [0.25, 0.3) is 10.0 Å². The van der Waals surface area contributed by atoms with Crippen molar-refractivity contribution in [2.24, 2.45) is 0 Å². The van der Waals surface area contributed by atoms with Crippen LogP contribution in [0.4, 0.5) is 11.4 Å². The minimum absolute atomic E-state index is 0.0908. The van der Waals surface area contributed by atoms with E-state index in [-0.39, 0.29) is 10.7 Å². The number of hydrogen-bond donors (Lipinski definition) is 1. The number of nitrogens with one attached hydrogen (secondary N) is 1. The van der Waals surface area contributed by atoms with Crippen LogP contribution in [-0.4, -0.2) is 27.3 Å². The second kappa shape index (κ2) is 7.50. The standard InChI is InChI=1S/C20H24N2O3S/c1-15-6-9-18(22-12-4-3-5-13-22)14-20(15)21-26(24,25)19-10-7-17(8-11-19)16(2)23/h6-11,14,21H,3-5,12-13H2,1-2H3. The number of rotatable bonds is 5. The molecule has 1 fully saturated rings. The van der Waals surface area contributed by atoms with Crippen LogP contribution in [-0.2, 0) is 10.0 Å². The van der Waals surface area contributed by atoms with Gasteiger partial charge in [0.15, 0.2) is 5.78 Å². The first kappa shape index (κ1) is 18.5. The molecule has 5 nitrogen and oxygen atoms in total. The molecular formula is C20H24N2O3S. The van der Waals surface area contributed by atoms with Crippen molar-refractivity contribution in [2.45, 2.75) is 38.0 Å². The molecule has 6 heteroatoms. The van der Waals surface area contributed by atoms with Crippen LogP contribution in [0.25, 0.3) is 0 Å². The Morgan fingerprint density at radius 1 is 1.00 bits per heavy atom. The molecular weight excluding hydrogens is 348 g/mol. The maximum Gasteiger partial charge on any atom is 0.261 e. The topological polar surface area (TPSA) is 66.5 Å². The molecule has 0 aliphatic carbocycles. The first-order valence-electron chi connectivity index (χ1n) is 8.86. The number of hydrogen-bond acceptors (Lipinski definition) is 4. The average Bonchev–Trinajstić information content (AvgIpc) is 2.64. The largest absolute Gasteiger partial charge is 0.371 e. The Kier molecular flexibility index (Phi) is 5.32. The SMILES string of the molecule is CC(=O)c1ccc(S(=O)(=O)Nc2cc(N3CCCCC3)ccc2C)cc1. The summed E-state index contributed by atoms with van der Waals surface area (Å²) in [6.07, 6.45) is 3.58. The average molecular weight is 372 g/mol. The van der Waals surface area contributed by atoms with E-state index in [2.05, 4.69) is 9.62 Å². The molecule has 0 amide bonds. The summed E-state index contributed by atoms with van der Waals surface area (Å²) >= 11 is 0. The lowest BCUT2D eigenvalue weighted by Gasteiger charge is -2.29. The minimum Gasteiger partial charge on any atom is -0.371 e. The van der Waals surface area contributed by atoms with Gasteiger partial charge in [-0.25, -0.2) is 8.42 Å². The van der Waals surface area contributed by atoms with Gasteiger partial charge in [0.05, 0.1) is 10.6 Å². The van der Waals surface area contributed by atoms with Crippen LogP contribution in [0.15, 0.2) is 47.4 Å². The summed E-state index contributed by atoms with van der Waals surface area (Å²) in [6, 6.07) is 11.9. The highest BCUT2D eigenvalue weighted by atomic mass is 32.2. The summed E-state index contributed by atoms with van der Waals surface area (Å²) in [6.45, 7) is 5.34. The number of benzene rings is 2. The molecule has 0 unspecified atom stereocenters. The van der Waals surface area contributed by atoms with Gasteiger partial charge < -0.3 is 4.90 Å². The maximum absolute atomic E-state index is 12.7. The Morgan fingerprint density at radius 2 is 1.65 bits per heavy atom. The third-order valence-electron chi connectivity index (χ3n) is 4.76. The Bertz CT molecular complexity index is 899. The first-order chi connectivity index (χ1) is 12.4. The molecule has 2 aromatic carbocycles. The van der Waals surface area contributed by atoms with Gasteiger partial charge in [-0.1, -0.05) is 18.2 Å². The van der Waals surface area contributed by atoms with E-state index in [0.717, 1.165) is 37.2 Å². The number of aryl methyl sites for hydroxylation is 1. The van der Waals surface area contributed by atoms with Crippen LogP contribution in [0, 0.1) is 6.92 Å². The van der Waals surface area contributed by atoms with Crippen molar-refractivity contribution in [2.75, 3.05) is 22.7 Å². The van der Waals surface area contributed by atoms with Crippen molar-refractivity contribution in [1.29, 1.82) is 0 Å². The third-order valence-corrected chi connectivity index (χ3v) is 6.14. The highest BCUT2D eigenvalue weighted by Crippen LogP contribution is 2.27. The predicted octanol–water partition coefficient (Wildman–Crippen LogP) is 3.99. The van der Waals surface area contributed by atoms with E-state index in [1.165, 1.54) is 37.6 Å². The van der Waals surface area contributed by atoms with Crippen molar-refractivity contribution >= 4 is 27.2 Å². The fraction of sp³-hybridized carbons (Fsp3) is 0.350. The lowest BCUT2D eigenvalue weighted by Crippen LogP contribution is -2.29. The van der Waals surface area contributed by atoms with Crippen molar-refractivity contribution in [3.05, 3.63) is 53.6 Å². The monoisotopic (exact) mass is 372 g/mol. The van der Waals surface area contributed by atoms with Gasteiger partial charge in [-0.15, -0.1) is 0 Å². The van der Waals surface area contributed by atoms with E-state index in [4.69, 9.17) is 0 Å². The minimum atomic E-state index is -3.71. The molecule has 0 radical (unpaired) electrons. The molecule has 3 rings (SSSR count). The molecule has 1 aliphatic rings. The summed E-state index contributed by atoms with van der Waals surface area (Å²) in [5.41, 5.74) is 2.99. The molecule has 1 N–H and O–H groups in total. The van der Waals surface area contributed by atoms with Gasteiger partial charge in [-0.3, -0.25) is 9.52 Å². The van der Waals surface area contributed by atoms with Gasteiger partial charge in [0.1, 0.15) is 0 Å². The lowest BCUT2D eigenvalue weighted by atomic mass is 10.1. The number of anilines is 2. The van der Waals surface area contributed by atoms with Crippen molar-refractivity contribution in [3.8, 4) is 0 Å². The van der Waals surface area contributed by atoms with Crippen LogP contribution in [0.2, 0.25) is 0 Å². The van der Waals surface area contributed by atoms with Crippen molar-refractivity contribution in [1.82, 2.24) is 0 Å². The van der Waals surface area contributed by atoms with E-state index in [1.807, 2.05) is 25.1 Å². The zero-order chi connectivity index (χ0) is 18.7. The quantitative estimate of drug-likeness (QED) is 0.806. The number of nitrogens with zero attached hydrogens (tertiary/aromatic N) is 1. The second-order valence-corrected chi connectivity index (χ2v) is 8.42. The zero-order valence-corrected chi connectivity index (χ0v) is 16.0. The number of piperidine rings is 1. The van der Waals surface area contributed by atoms with Gasteiger partial charge in [0, 0.05) is 24.3 Å². The second-order valence-electron chi connectivity index (χ2n) is 6.73.